The van der Waals surface area contributed by atoms with E-state index in [1.54, 1.807) is 0 Å². The standard InChI is InChI=1S/C12H16N2O7/c1-6-4-14(10(17)13-8(6)16)9-12(19)11(18,2-3-20-12)7(5-15)21-9/h4,7,9,15,18-19H,2-3,5H2,1H3,(H,13,16,17). The summed E-state index contributed by atoms with van der Waals surface area (Å²) in [6, 6.07) is 0. The number of fused-ring (bicyclic) bond motifs is 1. The third-order valence-electron chi connectivity index (χ3n) is 4.15. The molecule has 2 aliphatic rings. The van der Waals surface area contributed by atoms with Crippen molar-refractivity contribution < 1.29 is 24.8 Å². The van der Waals surface area contributed by atoms with Gasteiger partial charge in [-0.3, -0.25) is 14.3 Å². The summed E-state index contributed by atoms with van der Waals surface area (Å²) >= 11 is 0. The van der Waals surface area contributed by atoms with Crippen molar-refractivity contribution in [1.29, 1.82) is 0 Å². The molecule has 0 radical (unpaired) electrons. The number of rotatable bonds is 2. The van der Waals surface area contributed by atoms with Crippen LogP contribution >= 0.6 is 0 Å². The van der Waals surface area contributed by atoms with Crippen molar-refractivity contribution in [3.63, 3.8) is 0 Å². The highest BCUT2D eigenvalue weighted by atomic mass is 16.7. The van der Waals surface area contributed by atoms with Crippen LogP contribution in [0.15, 0.2) is 15.8 Å². The molecule has 3 rings (SSSR count). The molecule has 0 spiro atoms. The maximum Gasteiger partial charge on any atom is 0.330 e. The summed E-state index contributed by atoms with van der Waals surface area (Å²) in [5, 5.41) is 30.5. The van der Waals surface area contributed by atoms with Crippen molar-refractivity contribution in [3.8, 4) is 0 Å². The van der Waals surface area contributed by atoms with E-state index < -0.39 is 41.6 Å². The predicted molar refractivity (Wildman–Crippen MR) is 67.5 cm³/mol. The lowest BCUT2D eigenvalue weighted by Crippen LogP contribution is -2.56. The van der Waals surface area contributed by atoms with Crippen LogP contribution in [0.2, 0.25) is 0 Å². The highest BCUT2D eigenvalue weighted by Gasteiger charge is 2.70. The molecule has 3 heterocycles. The minimum absolute atomic E-state index is 0.0560. The minimum Gasteiger partial charge on any atom is -0.394 e. The lowest BCUT2D eigenvalue weighted by atomic mass is 9.88. The molecule has 0 aliphatic carbocycles. The Balaban J connectivity index is 2.14. The van der Waals surface area contributed by atoms with E-state index >= 15 is 0 Å². The number of H-pyrrole nitrogens is 1. The maximum absolute atomic E-state index is 11.9. The number of aromatic nitrogens is 2. The van der Waals surface area contributed by atoms with Crippen LogP contribution in [-0.4, -0.2) is 55.6 Å². The van der Waals surface area contributed by atoms with Crippen molar-refractivity contribution in [2.24, 2.45) is 0 Å². The molecule has 4 atom stereocenters. The fourth-order valence-electron chi connectivity index (χ4n) is 2.91. The first-order chi connectivity index (χ1) is 9.83. The van der Waals surface area contributed by atoms with Gasteiger partial charge in [0, 0.05) is 18.2 Å². The van der Waals surface area contributed by atoms with Gasteiger partial charge >= 0.3 is 5.69 Å². The number of aryl methyl sites for hydroxylation is 1. The molecule has 2 saturated heterocycles. The number of aliphatic hydroxyl groups is 3. The Labute approximate surface area is 118 Å². The quantitative estimate of drug-likeness (QED) is 0.477. The number of aliphatic hydroxyl groups excluding tert-OH is 1. The molecule has 1 aromatic rings. The van der Waals surface area contributed by atoms with Crippen molar-refractivity contribution >= 4 is 0 Å². The Morgan fingerprint density at radius 2 is 2.19 bits per heavy atom. The van der Waals surface area contributed by atoms with E-state index in [-0.39, 0.29) is 18.6 Å². The van der Waals surface area contributed by atoms with Crippen molar-refractivity contribution in [2.75, 3.05) is 13.2 Å². The Morgan fingerprint density at radius 1 is 1.48 bits per heavy atom. The molecule has 9 nitrogen and oxygen atoms in total. The Hall–Kier alpha value is -1.52. The first-order valence-corrected chi connectivity index (χ1v) is 6.50. The second-order valence-corrected chi connectivity index (χ2v) is 5.36. The third-order valence-corrected chi connectivity index (χ3v) is 4.15. The molecule has 0 amide bonds. The molecule has 21 heavy (non-hydrogen) atoms. The van der Waals surface area contributed by atoms with Gasteiger partial charge in [-0.25, -0.2) is 4.79 Å². The van der Waals surface area contributed by atoms with E-state index in [1.807, 2.05) is 0 Å². The van der Waals surface area contributed by atoms with Gasteiger partial charge in [-0.05, 0) is 6.92 Å². The second kappa shape index (κ2) is 4.49. The van der Waals surface area contributed by atoms with Gasteiger partial charge in [0.2, 0.25) is 5.79 Å². The van der Waals surface area contributed by atoms with Gasteiger partial charge in [0.25, 0.3) is 5.56 Å². The van der Waals surface area contributed by atoms with Crippen LogP contribution in [0.5, 0.6) is 0 Å². The average molecular weight is 300 g/mol. The van der Waals surface area contributed by atoms with Gasteiger partial charge in [-0.1, -0.05) is 0 Å². The fraction of sp³-hybridized carbons (Fsp3) is 0.667. The summed E-state index contributed by atoms with van der Waals surface area (Å²) in [7, 11) is 0. The molecule has 9 heteroatoms. The summed E-state index contributed by atoms with van der Waals surface area (Å²) in [5.74, 6) is -2.17. The summed E-state index contributed by atoms with van der Waals surface area (Å²) in [6.07, 6.45) is -1.20. The Kier molecular flexibility index (Phi) is 3.08. The van der Waals surface area contributed by atoms with E-state index in [1.165, 1.54) is 13.1 Å². The van der Waals surface area contributed by atoms with Crippen LogP contribution in [0.3, 0.4) is 0 Å². The zero-order valence-corrected chi connectivity index (χ0v) is 11.3. The lowest BCUT2D eigenvalue weighted by Gasteiger charge is -2.32. The smallest absolute Gasteiger partial charge is 0.330 e. The van der Waals surface area contributed by atoms with Gasteiger partial charge in [0.15, 0.2) is 11.8 Å². The van der Waals surface area contributed by atoms with Crippen LogP contribution in [-0.2, 0) is 9.47 Å². The van der Waals surface area contributed by atoms with Gasteiger partial charge in [0.05, 0.1) is 13.2 Å². The van der Waals surface area contributed by atoms with E-state index in [9.17, 15) is 24.9 Å². The van der Waals surface area contributed by atoms with Gasteiger partial charge in [-0.2, -0.15) is 0 Å². The SMILES string of the molecule is Cc1cn(C2OC(CO)C3(O)CCOC23O)c(=O)[nH]c1=O. The van der Waals surface area contributed by atoms with Gasteiger partial charge in [-0.15, -0.1) is 0 Å². The number of aromatic amines is 1. The molecule has 4 N–H and O–H groups in total. The zero-order valence-electron chi connectivity index (χ0n) is 11.3. The molecule has 116 valence electrons. The summed E-state index contributed by atoms with van der Waals surface area (Å²) in [5.41, 5.74) is -2.95. The van der Waals surface area contributed by atoms with Crippen LogP contribution in [0, 0.1) is 6.92 Å². The van der Waals surface area contributed by atoms with Crippen LogP contribution < -0.4 is 11.2 Å². The number of hydrogen-bond donors (Lipinski definition) is 4. The van der Waals surface area contributed by atoms with Gasteiger partial charge < -0.3 is 24.8 Å². The first kappa shape index (κ1) is 14.4. The van der Waals surface area contributed by atoms with E-state index in [2.05, 4.69) is 4.98 Å². The predicted octanol–water partition coefficient (Wildman–Crippen LogP) is -2.43. The molecule has 0 bridgehead atoms. The molecule has 0 saturated carbocycles. The normalized spacial score (nSPS) is 38.7. The third kappa shape index (κ3) is 1.75. The Morgan fingerprint density at radius 3 is 2.86 bits per heavy atom. The summed E-state index contributed by atoms with van der Waals surface area (Å²) in [6.45, 7) is 0.995. The molecule has 2 fully saturated rings. The van der Waals surface area contributed by atoms with Crippen molar-refractivity contribution in [1.82, 2.24) is 9.55 Å². The molecular weight excluding hydrogens is 284 g/mol. The summed E-state index contributed by atoms with van der Waals surface area (Å²) < 4.78 is 11.6. The van der Waals surface area contributed by atoms with E-state index in [0.29, 0.717) is 0 Å². The van der Waals surface area contributed by atoms with Crippen LogP contribution in [0.4, 0.5) is 0 Å². The highest BCUT2D eigenvalue weighted by molar-refractivity contribution is 5.12. The van der Waals surface area contributed by atoms with Crippen LogP contribution in [0.25, 0.3) is 0 Å². The molecule has 1 aromatic heterocycles. The minimum atomic E-state index is -2.17. The van der Waals surface area contributed by atoms with Crippen molar-refractivity contribution in [3.05, 3.63) is 32.6 Å². The van der Waals surface area contributed by atoms with Crippen LogP contribution in [0.1, 0.15) is 18.2 Å². The lowest BCUT2D eigenvalue weighted by molar-refractivity contribution is -0.269. The summed E-state index contributed by atoms with van der Waals surface area (Å²) in [4.78, 5) is 25.4. The maximum atomic E-state index is 11.9. The van der Waals surface area contributed by atoms with Gasteiger partial charge in [0.1, 0.15) is 6.10 Å². The average Bonchev–Trinajstić information content (AvgIpc) is 2.83. The van der Waals surface area contributed by atoms with Crippen molar-refractivity contribution in [2.45, 2.75) is 37.1 Å². The second-order valence-electron chi connectivity index (χ2n) is 5.36. The number of nitrogens with one attached hydrogen (secondary N) is 1. The fourth-order valence-corrected chi connectivity index (χ4v) is 2.91. The van der Waals surface area contributed by atoms with E-state index in [4.69, 9.17) is 9.47 Å². The molecule has 2 aliphatic heterocycles. The number of ether oxygens (including phenoxy) is 2. The molecule has 4 unspecified atom stereocenters. The number of hydrogen-bond acceptors (Lipinski definition) is 7. The largest absolute Gasteiger partial charge is 0.394 e. The molecular formula is C12H16N2O7. The monoisotopic (exact) mass is 300 g/mol. The topological polar surface area (TPSA) is 134 Å². The highest BCUT2D eigenvalue weighted by Crippen LogP contribution is 2.51. The first-order valence-electron chi connectivity index (χ1n) is 6.50. The zero-order chi connectivity index (χ0) is 15.4. The molecule has 0 aromatic carbocycles. The Bertz CT molecular complexity index is 683. The number of nitrogens with zero attached hydrogens (tertiary/aromatic N) is 1. The van der Waals surface area contributed by atoms with E-state index in [0.717, 1.165) is 4.57 Å².